The van der Waals surface area contributed by atoms with Gasteiger partial charge in [0.1, 0.15) is 5.75 Å². The van der Waals surface area contributed by atoms with Gasteiger partial charge < -0.3 is 4.74 Å². The number of aryl methyl sites for hydroxylation is 1. The van der Waals surface area contributed by atoms with Crippen molar-refractivity contribution < 1.29 is 9.53 Å². The molecular weight excluding hydrogens is 214 g/mol. The first-order chi connectivity index (χ1) is 7.10. The standard InChI is InChI=1S/C11H10ClNO2/c1-7-3-4-8(5-10(7)15-2)11(14)9(12)6-13/h3-5,9H,1-2H3. The summed E-state index contributed by atoms with van der Waals surface area (Å²) < 4.78 is 5.07. The van der Waals surface area contributed by atoms with Crippen molar-refractivity contribution in [3.8, 4) is 11.8 Å². The molecule has 0 heterocycles. The number of nitrogens with zero attached hydrogens (tertiary/aromatic N) is 1. The molecule has 1 aromatic rings. The molecule has 0 fully saturated rings. The number of hydrogen-bond acceptors (Lipinski definition) is 3. The number of Topliss-reactive ketones (excluding diaryl/α,β-unsaturated/α-hetero) is 1. The average molecular weight is 224 g/mol. The molecule has 0 saturated heterocycles. The molecule has 0 spiro atoms. The Bertz CT molecular complexity index is 423. The summed E-state index contributed by atoms with van der Waals surface area (Å²) in [5, 5.41) is 7.37. The predicted octanol–water partition coefficient (Wildman–Crippen LogP) is 2.32. The van der Waals surface area contributed by atoms with Crippen LogP contribution in [0.1, 0.15) is 15.9 Å². The molecule has 0 saturated carbocycles. The quantitative estimate of drug-likeness (QED) is 0.584. The first-order valence-electron chi connectivity index (χ1n) is 4.32. The van der Waals surface area contributed by atoms with Gasteiger partial charge in [0, 0.05) is 5.56 Å². The van der Waals surface area contributed by atoms with Gasteiger partial charge in [0.05, 0.1) is 13.2 Å². The maximum Gasteiger partial charge on any atom is 0.195 e. The van der Waals surface area contributed by atoms with Gasteiger partial charge in [0.2, 0.25) is 0 Å². The lowest BCUT2D eigenvalue weighted by atomic mass is 10.1. The molecule has 0 N–H and O–H groups in total. The second kappa shape index (κ2) is 4.81. The van der Waals surface area contributed by atoms with E-state index in [2.05, 4.69) is 0 Å². The number of methoxy groups -OCH3 is 1. The van der Waals surface area contributed by atoms with Crippen LogP contribution in [-0.4, -0.2) is 18.3 Å². The highest BCUT2D eigenvalue weighted by atomic mass is 35.5. The summed E-state index contributed by atoms with van der Waals surface area (Å²) in [7, 11) is 1.53. The van der Waals surface area contributed by atoms with Crippen molar-refractivity contribution in [2.75, 3.05) is 7.11 Å². The fourth-order valence-corrected chi connectivity index (χ4v) is 1.30. The smallest absolute Gasteiger partial charge is 0.195 e. The highest BCUT2D eigenvalue weighted by molar-refractivity contribution is 6.35. The Hall–Kier alpha value is -1.53. The van der Waals surface area contributed by atoms with Crippen molar-refractivity contribution >= 4 is 17.4 Å². The Balaban J connectivity index is 3.07. The number of halogens is 1. The van der Waals surface area contributed by atoms with E-state index in [1.807, 2.05) is 6.92 Å². The number of carbonyl (C=O) groups is 1. The van der Waals surface area contributed by atoms with Gasteiger partial charge in [0.15, 0.2) is 11.2 Å². The van der Waals surface area contributed by atoms with Crippen LogP contribution in [0.3, 0.4) is 0 Å². The zero-order valence-corrected chi connectivity index (χ0v) is 9.21. The third-order valence-corrected chi connectivity index (χ3v) is 2.33. The van der Waals surface area contributed by atoms with Crippen molar-refractivity contribution in [3.63, 3.8) is 0 Å². The highest BCUT2D eigenvalue weighted by Crippen LogP contribution is 2.20. The zero-order chi connectivity index (χ0) is 11.4. The zero-order valence-electron chi connectivity index (χ0n) is 8.45. The molecule has 4 heteroatoms. The minimum Gasteiger partial charge on any atom is -0.496 e. The van der Waals surface area contributed by atoms with Gasteiger partial charge in [-0.2, -0.15) is 5.26 Å². The van der Waals surface area contributed by atoms with Crippen LogP contribution in [0, 0.1) is 18.3 Å². The molecule has 0 aromatic heterocycles. The summed E-state index contributed by atoms with van der Waals surface area (Å²) in [6.45, 7) is 1.87. The maximum atomic E-state index is 11.5. The average Bonchev–Trinajstić information content (AvgIpc) is 2.27. The Kier molecular flexibility index (Phi) is 3.70. The molecule has 1 aromatic carbocycles. The first-order valence-corrected chi connectivity index (χ1v) is 4.76. The van der Waals surface area contributed by atoms with E-state index < -0.39 is 11.2 Å². The third-order valence-electron chi connectivity index (χ3n) is 2.04. The van der Waals surface area contributed by atoms with Gasteiger partial charge in [0.25, 0.3) is 0 Å². The Morgan fingerprint density at radius 1 is 1.60 bits per heavy atom. The molecule has 3 nitrogen and oxygen atoms in total. The fraction of sp³-hybridized carbons (Fsp3) is 0.273. The first kappa shape index (κ1) is 11.5. The van der Waals surface area contributed by atoms with Crippen molar-refractivity contribution in [2.45, 2.75) is 12.3 Å². The summed E-state index contributed by atoms with van der Waals surface area (Å²) >= 11 is 5.53. The maximum absolute atomic E-state index is 11.5. The van der Waals surface area contributed by atoms with Gasteiger partial charge >= 0.3 is 0 Å². The highest BCUT2D eigenvalue weighted by Gasteiger charge is 2.17. The summed E-state index contributed by atoms with van der Waals surface area (Å²) in [6.07, 6.45) is 0. The lowest BCUT2D eigenvalue weighted by molar-refractivity contribution is 0.100. The molecule has 15 heavy (non-hydrogen) atoms. The van der Waals surface area contributed by atoms with Crippen molar-refractivity contribution in [2.24, 2.45) is 0 Å². The number of rotatable bonds is 3. The van der Waals surface area contributed by atoms with E-state index in [1.54, 1.807) is 24.3 Å². The number of benzene rings is 1. The minimum absolute atomic E-state index is 0.388. The van der Waals surface area contributed by atoms with Crippen LogP contribution in [0.15, 0.2) is 18.2 Å². The molecule has 1 unspecified atom stereocenters. The van der Waals surface area contributed by atoms with Crippen LogP contribution in [0.4, 0.5) is 0 Å². The fourth-order valence-electron chi connectivity index (χ4n) is 1.18. The second-order valence-corrected chi connectivity index (χ2v) is 3.48. The van der Waals surface area contributed by atoms with E-state index in [0.29, 0.717) is 11.3 Å². The molecule has 0 aliphatic carbocycles. The predicted molar refractivity (Wildman–Crippen MR) is 57.3 cm³/mol. The summed E-state index contributed by atoms with van der Waals surface area (Å²) in [4.78, 5) is 11.5. The molecule has 0 amide bonds. The topological polar surface area (TPSA) is 50.1 Å². The summed E-state index contributed by atoms with van der Waals surface area (Å²) in [5.74, 6) is 0.208. The number of ketones is 1. The van der Waals surface area contributed by atoms with Crippen LogP contribution in [0.2, 0.25) is 0 Å². The lowest BCUT2D eigenvalue weighted by Crippen LogP contribution is -2.12. The van der Waals surface area contributed by atoms with Crippen LogP contribution in [0.5, 0.6) is 5.75 Å². The SMILES string of the molecule is COc1cc(C(=O)C(Cl)C#N)ccc1C. The van der Waals surface area contributed by atoms with Gasteiger partial charge in [-0.25, -0.2) is 0 Å². The molecule has 1 rings (SSSR count). The molecular formula is C11H10ClNO2. The largest absolute Gasteiger partial charge is 0.496 e. The lowest BCUT2D eigenvalue weighted by Gasteiger charge is -2.06. The number of hydrogen-bond donors (Lipinski definition) is 0. The van der Waals surface area contributed by atoms with E-state index in [1.165, 1.54) is 7.11 Å². The van der Waals surface area contributed by atoms with Crippen LogP contribution < -0.4 is 4.74 Å². The molecule has 0 radical (unpaired) electrons. The van der Waals surface area contributed by atoms with E-state index in [-0.39, 0.29) is 0 Å². The number of carbonyl (C=O) groups excluding carboxylic acids is 1. The van der Waals surface area contributed by atoms with Crippen LogP contribution in [-0.2, 0) is 0 Å². The van der Waals surface area contributed by atoms with Crippen LogP contribution >= 0.6 is 11.6 Å². The van der Waals surface area contributed by atoms with Crippen molar-refractivity contribution in [3.05, 3.63) is 29.3 Å². The van der Waals surface area contributed by atoms with E-state index in [4.69, 9.17) is 21.6 Å². The normalized spacial score (nSPS) is 11.6. The molecule has 0 bridgehead atoms. The van der Waals surface area contributed by atoms with E-state index in [0.717, 1.165) is 5.56 Å². The van der Waals surface area contributed by atoms with Gasteiger partial charge in [-0.05, 0) is 18.6 Å². The van der Waals surface area contributed by atoms with E-state index >= 15 is 0 Å². The van der Waals surface area contributed by atoms with Gasteiger partial charge in [-0.3, -0.25) is 4.79 Å². The molecule has 1 atom stereocenters. The Morgan fingerprint density at radius 3 is 2.80 bits per heavy atom. The Morgan fingerprint density at radius 2 is 2.27 bits per heavy atom. The monoisotopic (exact) mass is 223 g/mol. The minimum atomic E-state index is -1.14. The van der Waals surface area contributed by atoms with Gasteiger partial charge in [-0.15, -0.1) is 0 Å². The molecule has 0 aliphatic rings. The van der Waals surface area contributed by atoms with Gasteiger partial charge in [-0.1, -0.05) is 23.7 Å². The molecule has 0 aliphatic heterocycles. The van der Waals surface area contributed by atoms with E-state index in [9.17, 15) is 4.79 Å². The third kappa shape index (κ3) is 2.48. The number of nitriles is 1. The van der Waals surface area contributed by atoms with Crippen LogP contribution in [0.25, 0.3) is 0 Å². The van der Waals surface area contributed by atoms with Crippen molar-refractivity contribution in [1.82, 2.24) is 0 Å². The summed E-state index contributed by atoms with van der Waals surface area (Å²) in [6, 6.07) is 6.67. The Labute approximate surface area is 93.2 Å². The summed E-state index contributed by atoms with van der Waals surface area (Å²) in [5.41, 5.74) is 1.32. The van der Waals surface area contributed by atoms with Crippen molar-refractivity contribution in [1.29, 1.82) is 5.26 Å². The number of ether oxygens (including phenoxy) is 1. The number of alkyl halides is 1. The molecule has 78 valence electrons. The second-order valence-electron chi connectivity index (χ2n) is 3.04.